The van der Waals surface area contributed by atoms with Gasteiger partial charge in [-0.2, -0.15) is 0 Å². The molecule has 0 heterocycles. The molecule has 168 valence electrons. The lowest BCUT2D eigenvalue weighted by molar-refractivity contribution is -0.136. The fraction of sp³-hybridized carbons (Fsp3) is 0.556. The van der Waals surface area contributed by atoms with Crippen molar-refractivity contribution in [3.8, 4) is 0 Å². The van der Waals surface area contributed by atoms with Gasteiger partial charge in [0.25, 0.3) is 0 Å². The quantitative estimate of drug-likeness (QED) is 0.142. The van der Waals surface area contributed by atoms with Crippen molar-refractivity contribution in [3.63, 3.8) is 0 Å². The molecule has 4 amide bonds. The van der Waals surface area contributed by atoms with E-state index in [4.69, 9.17) is 0 Å². The van der Waals surface area contributed by atoms with Crippen LogP contribution in [0.15, 0.2) is 11.1 Å². The number of nitrogens with one attached hydrogen (secondary N) is 4. The van der Waals surface area contributed by atoms with Gasteiger partial charge in [0.15, 0.2) is 0 Å². The Morgan fingerprint density at radius 1 is 0.600 bits per heavy atom. The Bertz CT molecular complexity index is 644. The van der Waals surface area contributed by atoms with E-state index < -0.39 is 23.8 Å². The Morgan fingerprint density at radius 2 is 0.933 bits per heavy atom. The fourth-order valence-electron chi connectivity index (χ4n) is 2.29. The van der Waals surface area contributed by atoms with Gasteiger partial charge in [-0.25, -0.2) is 9.59 Å². The smallest absolute Gasteiger partial charge is 0.332 e. The monoisotopic (exact) mass is 428 g/mol. The molecule has 0 aromatic rings. The number of aliphatic carboxylic acids is 2. The zero-order chi connectivity index (χ0) is 23.1. The highest BCUT2D eigenvalue weighted by Crippen LogP contribution is 2.17. The molecule has 12 nitrogen and oxygen atoms in total. The minimum Gasteiger partial charge on any atom is -0.478 e. The number of carboxylic acids is 2. The highest BCUT2D eigenvalue weighted by Gasteiger charge is 2.19. The molecule has 0 radical (unpaired) electrons. The summed E-state index contributed by atoms with van der Waals surface area (Å²) in [5.41, 5.74) is -0.550. The average Bonchev–Trinajstić information content (AvgIpc) is 2.65. The highest BCUT2D eigenvalue weighted by molar-refractivity contribution is 5.98. The SMILES string of the molecule is CC(=O)NCC(=O)NCCCC(C(=O)O)=C(CCCNC(=O)CNC(C)=O)C(=O)O. The largest absolute Gasteiger partial charge is 0.478 e. The predicted octanol–water partition coefficient (Wildman–Crippen LogP) is -1.48. The van der Waals surface area contributed by atoms with Gasteiger partial charge in [-0.15, -0.1) is 0 Å². The molecule has 30 heavy (non-hydrogen) atoms. The summed E-state index contributed by atoms with van der Waals surface area (Å²) in [5.74, 6) is -4.35. The maximum atomic E-state index is 11.5. The number of hydrogen-bond acceptors (Lipinski definition) is 6. The van der Waals surface area contributed by atoms with E-state index in [-0.39, 0.29) is 74.8 Å². The van der Waals surface area contributed by atoms with E-state index in [9.17, 15) is 39.0 Å². The van der Waals surface area contributed by atoms with Gasteiger partial charge in [0.2, 0.25) is 23.6 Å². The number of hydrogen-bond donors (Lipinski definition) is 6. The van der Waals surface area contributed by atoms with Crippen molar-refractivity contribution >= 4 is 35.6 Å². The van der Waals surface area contributed by atoms with Gasteiger partial charge in [-0.05, 0) is 25.7 Å². The van der Waals surface area contributed by atoms with E-state index >= 15 is 0 Å². The van der Waals surface area contributed by atoms with Crippen molar-refractivity contribution in [1.29, 1.82) is 0 Å². The van der Waals surface area contributed by atoms with E-state index in [1.165, 1.54) is 13.8 Å². The number of amides is 4. The molecule has 0 aromatic heterocycles. The molecule has 6 N–H and O–H groups in total. The van der Waals surface area contributed by atoms with Crippen LogP contribution in [0.2, 0.25) is 0 Å². The molecule has 0 fully saturated rings. The highest BCUT2D eigenvalue weighted by atomic mass is 16.4. The van der Waals surface area contributed by atoms with Gasteiger partial charge in [0, 0.05) is 38.1 Å². The lowest BCUT2D eigenvalue weighted by Crippen LogP contribution is -2.36. The Labute approximate surface area is 173 Å². The van der Waals surface area contributed by atoms with Crippen LogP contribution >= 0.6 is 0 Å². The van der Waals surface area contributed by atoms with E-state index in [1.54, 1.807) is 0 Å². The van der Waals surface area contributed by atoms with Crippen LogP contribution < -0.4 is 21.3 Å². The van der Waals surface area contributed by atoms with E-state index in [2.05, 4.69) is 21.3 Å². The molecule has 0 saturated heterocycles. The summed E-state index contributed by atoms with van der Waals surface area (Å²) in [7, 11) is 0. The molecule has 0 atom stereocenters. The van der Waals surface area contributed by atoms with Crippen LogP contribution in [0.4, 0.5) is 0 Å². The van der Waals surface area contributed by atoms with E-state index in [0.717, 1.165) is 0 Å². The van der Waals surface area contributed by atoms with E-state index in [0.29, 0.717) is 0 Å². The van der Waals surface area contributed by atoms with Gasteiger partial charge in [-0.3, -0.25) is 19.2 Å². The first-order valence-corrected chi connectivity index (χ1v) is 9.25. The van der Waals surface area contributed by atoms with Crippen LogP contribution in [0, 0.1) is 0 Å². The molecule has 0 aliphatic heterocycles. The number of carboxylic acid groups (broad SMARTS) is 2. The van der Waals surface area contributed by atoms with Gasteiger partial charge in [0.1, 0.15) is 0 Å². The van der Waals surface area contributed by atoms with Crippen molar-refractivity contribution in [2.75, 3.05) is 26.2 Å². The topological polar surface area (TPSA) is 191 Å². The Hall–Kier alpha value is -3.44. The number of carbonyl (C=O) groups is 6. The first-order chi connectivity index (χ1) is 14.0. The Balaban J connectivity index is 4.62. The van der Waals surface area contributed by atoms with Crippen LogP contribution in [-0.4, -0.2) is 72.0 Å². The molecule has 0 saturated carbocycles. The van der Waals surface area contributed by atoms with Crippen LogP contribution in [0.3, 0.4) is 0 Å². The molecule has 12 heteroatoms. The third-order valence-electron chi connectivity index (χ3n) is 3.73. The summed E-state index contributed by atoms with van der Waals surface area (Å²) in [5, 5.41) is 28.3. The first kappa shape index (κ1) is 26.6. The molecule has 0 spiro atoms. The van der Waals surface area contributed by atoms with E-state index in [1.807, 2.05) is 0 Å². The lowest BCUT2D eigenvalue weighted by Gasteiger charge is -2.11. The standard InChI is InChI=1S/C18H28N4O8/c1-11(23)21-9-15(25)19-7-3-5-13(17(27)28)14(18(29)30)6-4-8-20-16(26)10-22-12(2)24/h3-10H2,1-2H3,(H,19,25)(H,20,26)(H,21,23)(H,22,24)(H,27,28)(H,29,30). The summed E-state index contributed by atoms with van der Waals surface area (Å²) >= 11 is 0. The summed E-state index contributed by atoms with van der Waals surface area (Å²) < 4.78 is 0. The number of carbonyl (C=O) groups excluding carboxylic acids is 4. The second-order valence-corrected chi connectivity index (χ2v) is 6.29. The van der Waals surface area contributed by atoms with Crippen LogP contribution in [0.25, 0.3) is 0 Å². The maximum Gasteiger partial charge on any atom is 0.332 e. The summed E-state index contributed by atoms with van der Waals surface area (Å²) in [6.07, 6.45) is 0.230. The molecular weight excluding hydrogens is 400 g/mol. The molecule has 0 aromatic carbocycles. The van der Waals surface area contributed by atoms with Crippen LogP contribution in [0.1, 0.15) is 39.5 Å². The lowest BCUT2D eigenvalue weighted by atomic mass is 9.99. The van der Waals surface area contributed by atoms with Crippen molar-refractivity contribution in [1.82, 2.24) is 21.3 Å². The molecule has 0 bridgehead atoms. The van der Waals surface area contributed by atoms with Crippen LogP contribution in [-0.2, 0) is 28.8 Å². The maximum absolute atomic E-state index is 11.5. The Morgan fingerprint density at radius 3 is 1.20 bits per heavy atom. The second-order valence-electron chi connectivity index (χ2n) is 6.29. The minimum atomic E-state index is -1.37. The Kier molecular flexibility index (Phi) is 12.9. The normalized spacial score (nSPS) is 11.0. The van der Waals surface area contributed by atoms with Gasteiger partial charge in [-0.1, -0.05) is 0 Å². The minimum absolute atomic E-state index is 0.0771. The third-order valence-corrected chi connectivity index (χ3v) is 3.73. The first-order valence-electron chi connectivity index (χ1n) is 9.25. The fourth-order valence-corrected chi connectivity index (χ4v) is 2.29. The van der Waals surface area contributed by atoms with Crippen molar-refractivity contribution in [3.05, 3.63) is 11.1 Å². The van der Waals surface area contributed by atoms with Crippen LogP contribution in [0.5, 0.6) is 0 Å². The van der Waals surface area contributed by atoms with Crippen molar-refractivity contribution in [2.24, 2.45) is 0 Å². The van der Waals surface area contributed by atoms with Crippen molar-refractivity contribution < 1.29 is 39.0 Å². The second kappa shape index (κ2) is 14.5. The number of rotatable bonds is 14. The predicted molar refractivity (Wildman–Crippen MR) is 104 cm³/mol. The summed E-state index contributed by atoms with van der Waals surface area (Å²) in [4.78, 5) is 67.4. The molecular formula is C18H28N4O8. The molecule has 0 rings (SSSR count). The summed E-state index contributed by atoms with van der Waals surface area (Å²) in [6, 6.07) is 0. The summed E-state index contributed by atoms with van der Waals surface area (Å²) in [6.45, 7) is 2.34. The zero-order valence-electron chi connectivity index (χ0n) is 17.0. The molecule has 0 unspecified atom stereocenters. The average molecular weight is 428 g/mol. The zero-order valence-corrected chi connectivity index (χ0v) is 17.0. The molecule has 0 aliphatic rings. The van der Waals surface area contributed by atoms with Gasteiger partial charge in [0.05, 0.1) is 13.1 Å². The molecule has 0 aliphatic carbocycles. The third kappa shape index (κ3) is 12.9. The van der Waals surface area contributed by atoms with Gasteiger partial charge < -0.3 is 31.5 Å². The van der Waals surface area contributed by atoms with Crippen molar-refractivity contribution in [2.45, 2.75) is 39.5 Å². The van der Waals surface area contributed by atoms with Gasteiger partial charge >= 0.3 is 11.9 Å².